The van der Waals surface area contributed by atoms with Crippen LogP contribution in [0.15, 0.2) is 12.1 Å². The number of nitrogens with zero attached hydrogens (tertiary/aromatic N) is 1. The summed E-state index contributed by atoms with van der Waals surface area (Å²) in [5.74, 6) is -1.01. The maximum atomic E-state index is 12.5. The summed E-state index contributed by atoms with van der Waals surface area (Å²) in [6.45, 7) is 7.48. The number of morpholine rings is 1. The Labute approximate surface area is 127 Å². The second-order valence-electron chi connectivity index (χ2n) is 5.66. The number of amides is 1. The minimum atomic E-state index is -0.995. The van der Waals surface area contributed by atoms with Crippen LogP contribution in [0.5, 0.6) is 0 Å². The molecule has 21 heavy (non-hydrogen) atoms. The molecule has 6 heteroatoms. The molecule has 0 spiro atoms. The molecule has 0 aliphatic carbocycles. The van der Waals surface area contributed by atoms with Crippen molar-refractivity contribution in [1.82, 2.24) is 4.90 Å². The molecule has 1 N–H and O–H groups in total. The standard InChI is InChI=1S/C15H19NO4S/c1-10-8-12(21-11(10)4-5-13(17)18)14(19)16-6-7-20-15(2,3)9-16/h4-5,8H,6-7,9H2,1-3H3,(H,17,18)/b5-4+. The van der Waals surface area contributed by atoms with E-state index in [2.05, 4.69) is 0 Å². The molecule has 114 valence electrons. The van der Waals surface area contributed by atoms with Crippen molar-refractivity contribution in [2.75, 3.05) is 19.7 Å². The molecule has 2 rings (SSSR count). The van der Waals surface area contributed by atoms with Crippen molar-refractivity contribution in [3.05, 3.63) is 27.5 Å². The first-order valence-corrected chi connectivity index (χ1v) is 7.55. The molecule has 1 aliphatic heterocycles. The van der Waals surface area contributed by atoms with Crippen molar-refractivity contribution in [1.29, 1.82) is 0 Å². The second-order valence-corrected chi connectivity index (χ2v) is 6.75. The summed E-state index contributed by atoms with van der Waals surface area (Å²) >= 11 is 1.32. The lowest BCUT2D eigenvalue weighted by Crippen LogP contribution is -2.50. The summed E-state index contributed by atoms with van der Waals surface area (Å²) in [6.07, 6.45) is 2.62. The average Bonchev–Trinajstić information content (AvgIpc) is 2.75. The zero-order valence-electron chi connectivity index (χ0n) is 12.4. The average molecular weight is 309 g/mol. The smallest absolute Gasteiger partial charge is 0.328 e. The molecule has 0 aromatic carbocycles. The molecule has 0 radical (unpaired) electrons. The molecular weight excluding hydrogens is 290 g/mol. The molecular formula is C15H19NO4S. The summed E-state index contributed by atoms with van der Waals surface area (Å²) < 4.78 is 5.61. The van der Waals surface area contributed by atoms with Crippen LogP contribution in [0, 0.1) is 6.92 Å². The summed E-state index contributed by atoms with van der Waals surface area (Å²) in [5, 5.41) is 8.67. The van der Waals surface area contributed by atoms with Crippen molar-refractivity contribution in [2.24, 2.45) is 0 Å². The molecule has 1 amide bonds. The number of carboxylic acids is 1. The van der Waals surface area contributed by atoms with Crippen molar-refractivity contribution in [2.45, 2.75) is 26.4 Å². The summed E-state index contributed by atoms with van der Waals surface area (Å²) in [7, 11) is 0. The van der Waals surface area contributed by atoms with Gasteiger partial charge in [0.05, 0.1) is 17.1 Å². The van der Waals surface area contributed by atoms with Crippen molar-refractivity contribution in [3.63, 3.8) is 0 Å². The number of carbonyl (C=O) groups is 2. The zero-order valence-corrected chi connectivity index (χ0v) is 13.2. The Morgan fingerprint density at radius 1 is 1.48 bits per heavy atom. The van der Waals surface area contributed by atoms with Crippen LogP contribution in [-0.2, 0) is 9.53 Å². The molecule has 1 fully saturated rings. The highest BCUT2D eigenvalue weighted by Gasteiger charge is 2.31. The van der Waals surface area contributed by atoms with E-state index in [4.69, 9.17) is 9.84 Å². The highest BCUT2D eigenvalue weighted by molar-refractivity contribution is 7.15. The number of ether oxygens (including phenoxy) is 1. The van der Waals surface area contributed by atoms with E-state index in [1.807, 2.05) is 26.8 Å². The number of aryl methyl sites for hydroxylation is 1. The Hall–Kier alpha value is -1.66. The quantitative estimate of drug-likeness (QED) is 0.871. The first-order valence-electron chi connectivity index (χ1n) is 6.73. The minimum Gasteiger partial charge on any atom is -0.478 e. The van der Waals surface area contributed by atoms with E-state index in [0.717, 1.165) is 16.5 Å². The number of aliphatic carboxylic acids is 1. The lowest BCUT2D eigenvalue weighted by Gasteiger charge is -2.37. The second kappa shape index (κ2) is 5.99. The third-order valence-electron chi connectivity index (χ3n) is 3.26. The van der Waals surface area contributed by atoms with Gasteiger partial charge < -0.3 is 14.7 Å². The van der Waals surface area contributed by atoms with Crippen LogP contribution in [0.3, 0.4) is 0 Å². The number of rotatable bonds is 3. The Kier molecular flexibility index (Phi) is 4.49. The third-order valence-corrected chi connectivity index (χ3v) is 4.45. The van der Waals surface area contributed by atoms with Gasteiger partial charge in [-0.1, -0.05) is 0 Å². The zero-order chi connectivity index (χ0) is 15.6. The molecule has 1 aromatic heterocycles. The van der Waals surface area contributed by atoms with Gasteiger partial charge in [-0.3, -0.25) is 4.79 Å². The van der Waals surface area contributed by atoms with Crippen LogP contribution < -0.4 is 0 Å². The maximum Gasteiger partial charge on any atom is 0.328 e. The molecule has 0 bridgehead atoms. The molecule has 5 nitrogen and oxygen atoms in total. The van der Waals surface area contributed by atoms with Crippen LogP contribution >= 0.6 is 11.3 Å². The first-order chi connectivity index (χ1) is 9.78. The summed E-state index contributed by atoms with van der Waals surface area (Å²) in [4.78, 5) is 26.3. The topological polar surface area (TPSA) is 66.8 Å². The van der Waals surface area contributed by atoms with Gasteiger partial charge in [0.2, 0.25) is 0 Å². The third kappa shape index (κ3) is 3.92. The number of thiophene rings is 1. The highest BCUT2D eigenvalue weighted by atomic mass is 32.1. The molecule has 1 aromatic rings. The molecule has 0 atom stereocenters. The van der Waals surface area contributed by atoms with E-state index in [0.29, 0.717) is 24.6 Å². The van der Waals surface area contributed by atoms with E-state index in [1.54, 1.807) is 4.90 Å². The van der Waals surface area contributed by atoms with E-state index >= 15 is 0 Å². The fourth-order valence-electron chi connectivity index (χ4n) is 2.26. The summed E-state index contributed by atoms with van der Waals surface area (Å²) in [5.41, 5.74) is 0.583. The van der Waals surface area contributed by atoms with E-state index in [1.165, 1.54) is 17.4 Å². The van der Waals surface area contributed by atoms with E-state index in [-0.39, 0.29) is 11.5 Å². The van der Waals surface area contributed by atoms with E-state index in [9.17, 15) is 9.59 Å². The Bertz CT molecular complexity index is 588. The summed E-state index contributed by atoms with van der Waals surface area (Å²) in [6, 6.07) is 1.82. The van der Waals surface area contributed by atoms with Gasteiger partial charge in [0, 0.05) is 24.0 Å². The monoisotopic (exact) mass is 309 g/mol. The fourth-order valence-corrected chi connectivity index (χ4v) is 3.30. The van der Waals surface area contributed by atoms with Crippen LogP contribution in [0.25, 0.3) is 6.08 Å². The molecule has 0 unspecified atom stereocenters. The lowest BCUT2D eigenvalue weighted by molar-refractivity contribution is -0.131. The van der Waals surface area contributed by atoms with Gasteiger partial charge in [0.1, 0.15) is 0 Å². The molecule has 0 saturated carbocycles. The maximum absolute atomic E-state index is 12.5. The van der Waals surface area contributed by atoms with Crippen LogP contribution in [0.4, 0.5) is 0 Å². The first kappa shape index (κ1) is 15.7. The van der Waals surface area contributed by atoms with Gasteiger partial charge in [-0.05, 0) is 38.5 Å². The predicted molar refractivity (Wildman–Crippen MR) is 81.7 cm³/mol. The Balaban J connectivity index is 2.16. The molecule has 2 heterocycles. The largest absolute Gasteiger partial charge is 0.478 e. The van der Waals surface area contributed by atoms with Gasteiger partial charge in [-0.25, -0.2) is 4.79 Å². The Morgan fingerprint density at radius 3 is 2.81 bits per heavy atom. The highest BCUT2D eigenvalue weighted by Crippen LogP contribution is 2.26. The number of hydrogen-bond donors (Lipinski definition) is 1. The molecule has 1 aliphatic rings. The Morgan fingerprint density at radius 2 is 2.19 bits per heavy atom. The van der Waals surface area contributed by atoms with Crippen molar-refractivity contribution in [3.8, 4) is 0 Å². The van der Waals surface area contributed by atoms with Crippen LogP contribution in [-0.4, -0.2) is 47.2 Å². The van der Waals surface area contributed by atoms with Crippen molar-refractivity contribution >= 4 is 29.3 Å². The van der Waals surface area contributed by atoms with E-state index < -0.39 is 5.97 Å². The van der Waals surface area contributed by atoms with Gasteiger partial charge in [0.15, 0.2) is 0 Å². The number of carboxylic acid groups (broad SMARTS) is 1. The number of carbonyl (C=O) groups excluding carboxylic acids is 1. The van der Waals surface area contributed by atoms with Crippen LogP contribution in [0.1, 0.15) is 34.0 Å². The van der Waals surface area contributed by atoms with Gasteiger partial charge in [-0.15, -0.1) is 11.3 Å². The van der Waals surface area contributed by atoms with Crippen LogP contribution in [0.2, 0.25) is 0 Å². The van der Waals surface area contributed by atoms with Gasteiger partial charge in [0.25, 0.3) is 5.91 Å². The van der Waals surface area contributed by atoms with Crippen molar-refractivity contribution < 1.29 is 19.4 Å². The van der Waals surface area contributed by atoms with Gasteiger partial charge in [-0.2, -0.15) is 0 Å². The normalized spacial score (nSPS) is 18.1. The minimum absolute atomic E-state index is 0.0190. The number of hydrogen-bond acceptors (Lipinski definition) is 4. The lowest BCUT2D eigenvalue weighted by atomic mass is 10.1. The predicted octanol–water partition coefficient (Wildman–Crippen LogP) is 2.41. The molecule has 1 saturated heterocycles. The fraction of sp³-hybridized carbons (Fsp3) is 0.467. The SMILES string of the molecule is Cc1cc(C(=O)N2CCOC(C)(C)C2)sc1/C=C/C(=O)O. The van der Waals surface area contributed by atoms with Gasteiger partial charge >= 0.3 is 5.97 Å².